The van der Waals surface area contributed by atoms with E-state index < -0.39 is 0 Å². The number of rotatable bonds is 6. The number of carbonyl (C=O) groups excluding carboxylic acids is 1. The lowest BCUT2D eigenvalue weighted by molar-refractivity contribution is -0.114. The van der Waals surface area contributed by atoms with Crippen LogP contribution in [0.25, 0.3) is 6.08 Å². The second-order valence-electron chi connectivity index (χ2n) is 7.18. The van der Waals surface area contributed by atoms with E-state index in [1.54, 1.807) is 49.4 Å². The van der Waals surface area contributed by atoms with Gasteiger partial charge in [0.05, 0.1) is 12.8 Å². The first-order chi connectivity index (χ1) is 15.5. The van der Waals surface area contributed by atoms with Gasteiger partial charge >= 0.3 is 0 Å². The van der Waals surface area contributed by atoms with Crippen molar-refractivity contribution in [3.05, 3.63) is 95.4 Å². The van der Waals surface area contributed by atoms with Crippen molar-refractivity contribution < 1.29 is 18.7 Å². The highest BCUT2D eigenvalue weighted by molar-refractivity contribution is 7.80. The molecule has 1 saturated heterocycles. The lowest BCUT2D eigenvalue weighted by atomic mass is 10.1. The third-order valence-electron chi connectivity index (χ3n) is 5.05. The predicted molar refractivity (Wildman–Crippen MR) is 126 cm³/mol. The topological polar surface area (TPSA) is 42.0 Å². The van der Waals surface area contributed by atoms with E-state index in [0.29, 0.717) is 27.9 Å². The Kier molecular flexibility index (Phi) is 6.18. The van der Waals surface area contributed by atoms with E-state index in [1.165, 1.54) is 17.0 Å². The maximum absolute atomic E-state index is 13.4. The molecular formula is C25H21FN2O3S. The fourth-order valence-corrected chi connectivity index (χ4v) is 3.69. The van der Waals surface area contributed by atoms with E-state index in [-0.39, 0.29) is 18.3 Å². The minimum atomic E-state index is -0.312. The van der Waals surface area contributed by atoms with Crippen molar-refractivity contribution in [2.24, 2.45) is 0 Å². The Labute approximate surface area is 191 Å². The molecule has 3 aromatic rings. The highest BCUT2D eigenvalue weighted by atomic mass is 32.1. The number of methoxy groups -OCH3 is 1. The average Bonchev–Trinajstić information content (AvgIpc) is 3.01. The first-order valence-electron chi connectivity index (χ1n) is 9.92. The summed E-state index contributed by atoms with van der Waals surface area (Å²) < 4.78 is 24.7. The van der Waals surface area contributed by atoms with Crippen molar-refractivity contribution in [3.8, 4) is 11.5 Å². The monoisotopic (exact) mass is 448 g/mol. The molecule has 0 spiro atoms. The highest BCUT2D eigenvalue weighted by Gasteiger charge is 2.36. The second kappa shape index (κ2) is 9.20. The van der Waals surface area contributed by atoms with Gasteiger partial charge < -0.3 is 14.4 Å². The molecule has 162 valence electrons. The quantitative estimate of drug-likeness (QED) is 0.391. The Morgan fingerprint density at radius 3 is 2.50 bits per heavy atom. The van der Waals surface area contributed by atoms with E-state index in [0.717, 1.165) is 11.3 Å². The number of ether oxygens (including phenoxy) is 2. The summed E-state index contributed by atoms with van der Waals surface area (Å²) in [6, 6.07) is 20.9. The fraction of sp³-hybridized carbons (Fsp3) is 0.120. The van der Waals surface area contributed by atoms with Gasteiger partial charge in [-0.15, -0.1) is 0 Å². The van der Waals surface area contributed by atoms with Gasteiger partial charge in [0, 0.05) is 7.05 Å². The Balaban J connectivity index is 1.57. The molecule has 0 radical (unpaired) electrons. The molecule has 0 aromatic heterocycles. The standard InChI is InChI=1S/C25H21FN2O3S/c1-27-21(24(29)28(25(27)32)20-9-4-3-5-10-20)14-17-11-12-22(23(15-17)30-2)31-16-18-7-6-8-19(26)13-18/h3-15H,16H2,1-2H3/b21-14-. The molecule has 0 unspecified atom stereocenters. The minimum absolute atomic E-state index is 0.200. The number of anilines is 1. The van der Waals surface area contributed by atoms with Crippen LogP contribution >= 0.6 is 12.2 Å². The first-order valence-corrected chi connectivity index (χ1v) is 10.3. The molecule has 0 saturated carbocycles. The Morgan fingerprint density at radius 1 is 1.00 bits per heavy atom. The van der Waals surface area contributed by atoms with Crippen LogP contribution in [0.1, 0.15) is 11.1 Å². The van der Waals surface area contributed by atoms with Crippen LogP contribution in [0.3, 0.4) is 0 Å². The van der Waals surface area contributed by atoms with Gasteiger partial charge in [0.25, 0.3) is 5.91 Å². The van der Waals surface area contributed by atoms with Crippen LogP contribution in [0.15, 0.2) is 78.5 Å². The molecular weight excluding hydrogens is 427 g/mol. The van der Waals surface area contributed by atoms with E-state index in [2.05, 4.69) is 0 Å². The molecule has 1 aliphatic rings. The van der Waals surface area contributed by atoms with Crippen molar-refractivity contribution in [1.82, 2.24) is 4.90 Å². The van der Waals surface area contributed by atoms with Gasteiger partial charge in [0.1, 0.15) is 18.1 Å². The predicted octanol–water partition coefficient (Wildman–Crippen LogP) is 5.02. The smallest absolute Gasteiger partial charge is 0.281 e. The fourth-order valence-electron chi connectivity index (χ4n) is 3.40. The summed E-state index contributed by atoms with van der Waals surface area (Å²) in [7, 11) is 3.31. The molecule has 1 aliphatic heterocycles. The summed E-state index contributed by atoms with van der Waals surface area (Å²) in [4.78, 5) is 16.3. The van der Waals surface area contributed by atoms with E-state index in [9.17, 15) is 9.18 Å². The maximum atomic E-state index is 13.4. The van der Waals surface area contributed by atoms with Crippen molar-refractivity contribution in [2.45, 2.75) is 6.61 Å². The van der Waals surface area contributed by atoms with Crippen LogP contribution in [0.4, 0.5) is 10.1 Å². The molecule has 0 bridgehead atoms. The zero-order valence-electron chi connectivity index (χ0n) is 17.6. The van der Waals surface area contributed by atoms with Crippen LogP contribution in [0, 0.1) is 5.82 Å². The number of likely N-dealkylation sites (N-methyl/N-ethyl adjacent to an activating group) is 1. The zero-order chi connectivity index (χ0) is 22.7. The maximum Gasteiger partial charge on any atom is 0.281 e. The number of nitrogens with zero attached hydrogens (tertiary/aromatic N) is 2. The summed E-state index contributed by atoms with van der Waals surface area (Å²) in [6.45, 7) is 0.204. The van der Waals surface area contributed by atoms with Gasteiger partial charge in [0.2, 0.25) is 0 Å². The average molecular weight is 449 g/mol. The Morgan fingerprint density at radius 2 is 1.78 bits per heavy atom. The normalized spacial score (nSPS) is 14.9. The molecule has 1 amide bonds. The van der Waals surface area contributed by atoms with Crippen LogP contribution < -0.4 is 14.4 Å². The van der Waals surface area contributed by atoms with Crippen LogP contribution in [0.2, 0.25) is 0 Å². The molecule has 0 aliphatic carbocycles. The number of amides is 1. The van der Waals surface area contributed by atoms with Gasteiger partial charge in [0.15, 0.2) is 16.6 Å². The van der Waals surface area contributed by atoms with E-state index in [4.69, 9.17) is 21.7 Å². The van der Waals surface area contributed by atoms with Crippen molar-refractivity contribution >= 4 is 35.0 Å². The first kappa shape index (κ1) is 21.5. The van der Waals surface area contributed by atoms with Crippen molar-refractivity contribution in [2.75, 3.05) is 19.1 Å². The molecule has 5 nitrogen and oxygen atoms in total. The van der Waals surface area contributed by atoms with Gasteiger partial charge in [-0.3, -0.25) is 9.69 Å². The van der Waals surface area contributed by atoms with Gasteiger partial charge in [-0.05, 0) is 65.8 Å². The van der Waals surface area contributed by atoms with E-state index in [1.807, 2.05) is 36.4 Å². The van der Waals surface area contributed by atoms with Gasteiger partial charge in [-0.2, -0.15) is 0 Å². The second-order valence-corrected chi connectivity index (χ2v) is 7.54. The van der Waals surface area contributed by atoms with Crippen LogP contribution in [-0.2, 0) is 11.4 Å². The third kappa shape index (κ3) is 4.33. The number of hydrogen-bond acceptors (Lipinski definition) is 4. The molecule has 32 heavy (non-hydrogen) atoms. The van der Waals surface area contributed by atoms with Crippen LogP contribution in [0.5, 0.6) is 11.5 Å². The zero-order valence-corrected chi connectivity index (χ0v) is 18.4. The van der Waals surface area contributed by atoms with Gasteiger partial charge in [-0.1, -0.05) is 36.4 Å². The van der Waals surface area contributed by atoms with Crippen LogP contribution in [-0.4, -0.2) is 30.1 Å². The summed E-state index contributed by atoms with van der Waals surface area (Å²) in [5.74, 6) is 0.514. The summed E-state index contributed by atoms with van der Waals surface area (Å²) in [6.07, 6.45) is 1.76. The van der Waals surface area contributed by atoms with Crippen molar-refractivity contribution in [3.63, 3.8) is 0 Å². The van der Waals surface area contributed by atoms with E-state index >= 15 is 0 Å². The third-order valence-corrected chi connectivity index (χ3v) is 5.51. The number of para-hydroxylation sites is 1. The largest absolute Gasteiger partial charge is 0.493 e. The molecule has 0 N–H and O–H groups in total. The summed E-state index contributed by atoms with van der Waals surface area (Å²) in [5, 5.41) is 0.412. The molecule has 1 heterocycles. The lowest BCUT2D eigenvalue weighted by Crippen LogP contribution is -2.30. The Bertz CT molecular complexity index is 1200. The number of carbonyl (C=O) groups is 1. The van der Waals surface area contributed by atoms with Crippen molar-refractivity contribution in [1.29, 1.82) is 0 Å². The highest BCUT2D eigenvalue weighted by Crippen LogP contribution is 2.32. The summed E-state index contributed by atoms with van der Waals surface area (Å²) in [5.41, 5.74) is 2.64. The number of hydrogen-bond donors (Lipinski definition) is 0. The minimum Gasteiger partial charge on any atom is -0.493 e. The molecule has 1 fully saturated rings. The number of thiocarbonyl (C=S) groups is 1. The molecule has 0 atom stereocenters. The Hall–Kier alpha value is -3.71. The lowest BCUT2D eigenvalue weighted by Gasteiger charge is -2.16. The number of halogens is 1. The molecule has 7 heteroatoms. The molecule has 4 rings (SSSR count). The van der Waals surface area contributed by atoms with Gasteiger partial charge in [-0.25, -0.2) is 4.39 Å². The SMILES string of the molecule is COc1cc(/C=C2/C(=O)N(c3ccccc3)C(=S)N2C)ccc1OCc1cccc(F)c1. The number of benzene rings is 3. The molecule has 3 aromatic carbocycles. The summed E-state index contributed by atoms with van der Waals surface area (Å²) >= 11 is 5.49.